The zero-order valence-corrected chi connectivity index (χ0v) is 7.26. The van der Waals surface area contributed by atoms with Gasteiger partial charge >= 0.3 is 0 Å². The second-order valence-electron chi connectivity index (χ2n) is 1.72. The van der Waals surface area contributed by atoms with Crippen molar-refractivity contribution in [2.24, 2.45) is 5.92 Å². The van der Waals surface area contributed by atoms with Crippen LogP contribution in [-0.4, -0.2) is 0 Å². The Labute approximate surface area is 69.8 Å². The summed E-state index contributed by atoms with van der Waals surface area (Å²) in [5.74, 6) is 0.625. The molecule has 8 heavy (non-hydrogen) atoms. The topological polar surface area (TPSA) is 0 Å². The summed E-state index contributed by atoms with van der Waals surface area (Å²) >= 11 is 0. The van der Waals surface area contributed by atoms with Gasteiger partial charge in [-0.2, -0.15) is 0 Å². The Kier molecular flexibility index (Phi) is 4.46. The van der Waals surface area contributed by atoms with Crippen molar-refractivity contribution in [3.63, 3.8) is 0 Å². The van der Waals surface area contributed by atoms with E-state index < -0.39 is 0 Å². The first-order chi connectivity index (χ1) is 3.43. The molecule has 0 amide bonds. The Morgan fingerprint density at radius 3 is 2.00 bits per heavy atom. The minimum absolute atomic E-state index is 0. The van der Waals surface area contributed by atoms with Crippen LogP contribution in [-0.2, 0) is 26.2 Å². The molecule has 0 saturated carbocycles. The van der Waals surface area contributed by atoms with Gasteiger partial charge < -0.3 is 0 Å². The van der Waals surface area contributed by atoms with Gasteiger partial charge in [-0.05, 0) is 12.3 Å². The van der Waals surface area contributed by atoms with E-state index >= 15 is 0 Å². The molecule has 0 atom stereocenters. The molecule has 0 heterocycles. The van der Waals surface area contributed by atoms with Crippen molar-refractivity contribution in [2.75, 3.05) is 0 Å². The van der Waals surface area contributed by atoms with Crippen LogP contribution in [0.3, 0.4) is 0 Å². The first-order valence-corrected chi connectivity index (χ1v) is 2.57. The molecule has 0 aromatic rings. The molecule has 0 aliphatic heterocycles. The van der Waals surface area contributed by atoms with E-state index in [0.29, 0.717) is 5.92 Å². The van der Waals surface area contributed by atoms with Crippen molar-refractivity contribution >= 4 is 0 Å². The Morgan fingerprint density at radius 1 is 1.25 bits per heavy atom. The van der Waals surface area contributed by atoms with Crippen molar-refractivity contribution in [1.29, 1.82) is 0 Å². The molecule has 0 unspecified atom stereocenters. The van der Waals surface area contributed by atoms with Gasteiger partial charge in [-0.15, -0.1) is 0 Å². The average molecular weight is 184 g/mol. The summed E-state index contributed by atoms with van der Waals surface area (Å²) in [5.41, 5.74) is 0. The Bertz CT molecular complexity index is 91.0. The minimum atomic E-state index is 0. The van der Waals surface area contributed by atoms with E-state index in [1.54, 1.807) is 0 Å². The molecule has 0 spiro atoms. The molecule has 1 radical (unpaired) electrons. The van der Waals surface area contributed by atoms with Crippen LogP contribution in [0.15, 0.2) is 24.3 Å². The quantitative estimate of drug-likeness (QED) is 0.584. The Hall–Kier alpha value is 0.363. The number of allylic oxidation sites excluding steroid dienone is 4. The third kappa shape index (κ3) is 2.09. The van der Waals surface area contributed by atoms with Crippen LogP contribution in [0.1, 0.15) is 6.42 Å². The smallest absolute Gasteiger partial charge is 0 e. The van der Waals surface area contributed by atoms with Crippen molar-refractivity contribution < 1.29 is 26.2 Å². The largest absolute Gasteiger partial charge is 0.0776 e. The van der Waals surface area contributed by atoms with Crippen LogP contribution in [0.2, 0.25) is 0 Å². The van der Waals surface area contributed by atoms with Crippen molar-refractivity contribution in [1.82, 2.24) is 0 Å². The van der Waals surface area contributed by atoms with Crippen molar-refractivity contribution in [2.45, 2.75) is 6.42 Å². The van der Waals surface area contributed by atoms with Gasteiger partial charge in [0.25, 0.3) is 0 Å². The van der Waals surface area contributed by atoms with E-state index in [-0.39, 0.29) is 26.2 Å². The molecular weight excluding hydrogens is 175 g/mol. The summed E-state index contributed by atoms with van der Waals surface area (Å²) in [5, 5.41) is 0. The molecule has 0 N–H and O–H groups in total. The second kappa shape index (κ2) is 4.26. The van der Waals surface area contributed by atoms with E-state index in [1.807, 2.05) is 0 Å². The molecule has 0 aromatic heterocycles. The first kappa shape index (κ1) is 8.36. The van der Waals surface area contributed by atoms with Gasteiger partial charge in [-0.3, -0.25) is 0 Å². The number of rotatable bonds is 1. The normalized spacial score (nSPS) is 16.6. The van der Waals surface area contributed by atoms with Crippen LogP contribution in [0.5, 0.6) is 0 Å². The molecule has 0 nitrogen and oxygen atoms in total. The summed E-state index contributed by atoms with van der Waals surface area (Å²) in [6, 6.07) is 0. The zero-order chi connectivity index (χ0) is 5.11. The van der Waals surface area contributed by atoms with Crippen LogP contribution in [0, 0.1) is 12.8 Å². The standard InChI is InChI=1S/C7H9.Zr/c1-2-7-5-3-4-6-7;/h3-7H,1-2H2;. The van der Waals surface area contributed by atoms with Gasteiger partial charge in [0, 0.05) is 26.2 Å². The summed E-state index contributed by atoms with van der Waals surface area (Å²) in [6.45, 7) is 3.77. The minimum Gasteiger partial charge on any atom is -0.0776 e. The average Bonchev–Trinajstić information content (AvgIpc) is 2.14. The van der Waals surface area contributed by atoms with Gasteiger partial charge in [-0.1, -0.05) is 31.2 Å². The van der Waals surface area contributed by atoms with Gasteiger partial charge in [0.15, 0.2) is 0 Å². The maximum absolute atomic E-state index is 3.77. The molecule has 0 bridgehead atoms. The van der Waals surface area contributed by atoms with Crippen LogP contribution < -0.4 is 0 Å². The predicted octanol–water partition coefficient (Wildman–Crippen LogP) is 1.95. The Balaban J connectivity index is 0.000000490. The summed E-state index contributed by atoms with van der Waals surface area (Å²) in [7, 11) is 0. The molecule has 1 aliphatic rings. The fourth-order valence-electron chi connectivity index (χ4n) is 0.670. The van der Waals surface area contributed by atoms with Crippen molar-refractivity contribution in [3.8, 4) is 0 Å². The fraction of sp³-hybridized carbons (Fsp3) is 0.286. The Morgan fingerprint density at radius 2 is 1.75 bits per heavy atom. The molecule has 1 aliphatic carbocycles. The molecule has 1 rings (SSSR count). The van der Waals surface area contributed by atoms with Crippen LogP contribution >= 0.6 is 0 Å². The van der Waals surface area contributed by atoms with Gasteiger partial charge in [0.1, 0.15) is 0 Å². The van der Waals surface area contributed by atoms with Crippen LogP contribution in [0.4, 0.5) is 0 Å². The third-order valence-electron chi connectivity index (χ3n) is 1.16. The first-order valence-electron chi connectivity index (χ1n) is 2.57. The zero-order valence-electron chi connectivity index (χ0n) is 4.80. The van der Waals surface area contributed by atoms with Gasteiger partial charge in [-0.25, -0.2) is 0 Å². The fourth-order valence-corrected chi connectivity index (χ4v) is 0.670. The van der Waals surface area contributed by atoms with Gasteiger partial charge in [0.2, 0.25) is 0 Å². The number of hydrogen-bond donors (Lipinski definition) is 0. The van der Waals surface area contributed by atoms with E-state index in [0.717, 1.165) is 6.42 Å². The van der Waals surface area contributed by atoms with Crippen LogP contribution in [0.25, 0.3) is 0 Å². The summed E-state index contributed by atoms with van der Waals surface area (Å²) in [6.07, 6.45) is 9.44. The molecular formula is C7H9Zr. The summed E-state index contributed by atoms with van der Waals surface area (Å²) in [4.78, 5) is 0. The molecule has 41 valence electrons. The van der Waals surface area contributed by atoms with E-state index in [9.17, 15) is 0 Å². The molecule has 0 saturated heterocycles. The third-order valence-corrected chi connectivity index (χ3v) is 1.16. The molecule has 0 fully saturated rings. The maximum atomic E-state index is 3.77. The monoisotopic (exact) mass is 183 g/mol. The predicted molar refractivity (Wildman–Crippen MR) is 31.7 cm³/mol. The maximum Gasteiger partial charge on any atom is 0 e. The second-order valence-corrected chi connectivity index (χ2v) is 1.72. The van der Waals surface area contributed by atoms with E-state index in [1.165, 1.54) is 0 Å². The van der Waals surface area contributed by atoms with Crippen molar-refractivity contribution in [3.05, 3.63) is 31.2 Å². The number of hydrogen-bond acceptors (Lipinski definition) is 0. The SMILES string of the molecule is [CH2]CC1C=CC=C1.[Zr]. The molecule has 1 heteroatoms. The van der Waals surface area contributed by atoms with Gasteiger partial charge in [0.05, 0.1) is 0 Å². The van der Waals surface area contributed by atoms with E-state index in [2.05, 4.69) is 31.2 Å². The van der Waals surface area contributed by atoms with E-state index in [4.69, 9.17) is 0 Å². The molecule has 0 aromatic carbocycles. The summed E-state index contributed by atoms with van der Waals surface area (Å²) < 4.78 is 0.